The molecule has 4 heteroatoms. The zero-order chi connectivity index (χ0) is 9.97. The molecule has 0 amide bonds. The first-order valence-corrected chi connectivity index (χ1v) is 5.36. The third-order valence-electron chi connectivity index (χ3n) is 2.74. The number of nitrogens with one attached hydrogen (secondary N) is 1. The van der Waals surface area contributed by atoms with Crippen LogP contribution in [0.5, 0.6) is 0 Å². The van der Waals surface area contributed by atoms with Crippen LogP contribution in [0.2, 0.25) is 0 Å². The molecule has 0 aromatic carbocycles. The molecule has 2 heterocycles. The van der Waals surface area contributed by atoms with Crippen molar-refractivity contribution in [2.75, 3.05) is 13.1 Å². The zero-order valence-corrected chi connectivity index (χ0v) is 8.90. The fraction of sp³-hybridized carbons (Fsp3) is 0.800. The van der Waals surface area contributed by atoms with E-state index in [0.29, 0.717) is 5.92 Å². The highest BCUT2D eigenvalue weighted by molar-refractivity contribution is 5.03. The summed E-state index contributed by atoms with van der Waals surface area (Å²) in [7, 11) is 0. The van der Waals surface area contributed by atoms with Crippen molar-refractivity contribution >= 4 is 0 Å². The molecule has 0 spiro atoms. The highest BCUT2D eigenvalue weighted by Crippen LogP contribution is 2.17. The topological polar surface area (TPSA) is 42.7 Å². The predicted molar refractivity (Wildman–Crippen MR) is 55.1 cm³/mol. The summed E-state index contributed by atoms with van der Waals surface area (Å²) >= 11 is 0. The molecule has 1 fully saturated rings. The molecule has 1 aliphatic heterocycles. The predicted octanol–water partition coefficient (Wildman–Crippen LogP) is 1.01. The number of aromatic nitrogens is 3. The van der Waals surface area contributed by atoms with Gasteiger partial charge in [-0.3, -0.25) is 0 Å². The Morgan fingerprint density at radius 3 is 2.93 bits per heavy atom. The number of hydrogen-bond acceptors (Lipinski definition) is 3. The molecule has 78 valence electrons. The van der Waals surface area contributed by atoms with E-state index in [0.717, 1.165) is 31.4 Å². The monoisotopic (exact) mass is 194 g/mol. The molecule has 1 saturated heterocycles. The van der Waals surface area contributed by atoms with E-state index < -0.39 is 0 Å². The molecule has 1 aromatic heterocycles. The van der Waals surface area contributed by atoms with Gasteiger partial charge >= 0.3 is 0 Å². The molecule has 14 heavy (non-hydrogen) atoms. The van der Waals surface area contributed by atoms with Gasteiger partial charge in [0.25, 0.3) is 0 Å². The first-order chi connectivity index (χ1) is 6.77. The van der Waals surface area contributed by atoms with Crippen LogP contribution in [0.4, 0.5) is 0 Å². The summed E-state index contributed by atoms with van der Waals surface area (Å²) in [6.07, 6.45) is 3.06. The fourth-order valence-corrected chi connectivity index (χ4v) is 1.62. The number of hydrogen-bond donors (Lipinski definition) is 1. The van der Waals surface area contributed by atoms with Crippen LogP contribution in [-0.2, 0) is 6.54 Å². The summed E-state index contributed by atoms with van der Waals surface area (Å²) in [6, 6.07) is 0. The van der Waals surface area contributed by atoms with Crippen LogP contribution < -0.4 is 5.32 Å². The van der Waals surface area contributed by atoms with E-state index in [4.69, 9.17) is 0 Å². The van der Waals surface area contributed by atoms with E-state index >= 15 is 0 Å². The second kappa shape index (κ2) is 4.09. The average molecular weight is 194 g/mol. The van der Waals surface area contributed by atoms with Crippen molar-refractivity contribution in [1.29, 1.82) is 0 Å². The van der Waals surface area contributed by atoms with Crippen molar-refractivity contribution in [2.24, 2.45) is 5.92 Å². The quantitative estimate of drug-likeness (QED) is 0.778. The van der Waals surface area contributed by atoms with Crippen LogP contribution in [0, 0.1) is 5.92 Å². The molecule has 1 N–H and O–H groups in total. The second-order valence-electron chi connectivity index (χ2n) is 4.42. The first kappa shape index (κ1) is 9.65. The summed E-state index contributed by atoms with van der Waals surface area (Å²) in [4.78, 5) is 0. The molecular formula is C10H18N4. The lowest BCUT2D eigenvalue weighted by molar-refractivity contribution is 0.404. The highest BCUT2D eigenvalue weighted by atomic mass is 15.3. The third kappa shape index (κ3) is 1.95. The Balaban J connectivity index is 1.98. The minimum absolute atomic E-state index is 0.588. The van der Waals surface area contributed by atoms with Gasteiger partial charge in [-0.2, -0.15) is 0 Å². The van der Waals surface area contributed by atoms with Gasteiger partial charge in [0.1, 0.15) is 12.2 Å². The van der Waals surface area contributed by atoms with E-state index in [1.54, 1.807) is 0 Å². The summed E-state index contributed by atoms with van der Waals surface area (Å²) in [5.74, 6) is 2.49. The van der Waals surface area contributed by atoms with Gasteiger partial charge in [-0.1, -0.05) is 13.8 Å². The van der Waals surface area contributed by atoms with E-state index in [1.807, 2.05) is 6.33 Å². The summed E-state index contributed by atoms with van der Waals surface area (Å²) in [5.41, 5.74) is 0. The standard InChI is InChI=1S/C10H18N4/c1-8(2)3-4-14-7-12-13-10(14)9-5-11-6-9/h7-9,11H,3-6H2,1-2H3. The number of nitrogens with zero attached hydrogens (tertiary/aromatic N) is 3. The minimum Gasteiger partial charge on any atom is -0.317 e. The fourth-order valence-electron chi connectivity index (χ4n) is 1.62. The van der Waals surface area contributed by atoms with Gasteiger partial charge < -0.3 is 9.88 Å². The van der Waals surface area contributed by atoms with Crippen molar-refractivity contribution in [1.82, 2.24) is 20.1 Å². The molecule has 4 nitrogen and oxygen atoms in total. The van der Waals surface area contributed by atoms with Crippen LogP contribution in [0.3, 0.4) is 0 Å². The molecule has 2 rings (SSSR count). The van der Waals surface area contributed by atoms with Crippen molar-refractivity contribution in [3.63, 3.8) is 0 Å². The molecular weight excluding hydrogens is 176 g/mol. The van der Waals surface area contributed by atoms with Gasteiger partial charge in [0.05, 0.1) is 0 Å². The van der Waals surface area contributed by atoms with Crippen LogP contribution >= 0.6 is 0 Å². The molecule has 0 atom stereocenters. The summed E-state index contributed by atoms with van der Waals surface area (Å²) < 4.78 is 2.20. The van der Waals surface area contributed by atoms with Crippen LogP contribution in [0.1, 0.15) is 32.0 Å². The summed E-state index contributed by atoms with van der Waals surface area (Å²) in [5, 5.41) is 11.4. The molecule has 0 aliphatic carbocycles. The maximum absolute atomic E-state index is 4.19. The van der Waals surface area contributed by atoms with Gasteiger partial charge in [-0.15, -0.1) is 10.2 Å². The normalized spacial score (nSPS) is 17.4. The summed E-state index contributed by atoms with van der Waals surface area (Å²) in [6.45, 7) is 7.65. The number of aryl methyl sites for hydroxylation is 1. The molecule has 0 radical (unpaired) electrons. The Morgan fingerprint density at radius 2 is 2.36 bits per heavy atom. The molecule has 0 bridgehead atoms. The van der Waals surface area contributed by atoms with Gasteiger partial charge in [0, 0.05) is 25.6 Å². The van der Waals surface area contributed by atoms with Crippen molar-refractivity contribution in [3.8, 4) is 0 Å². The molecule has 1 aromatic rings. The van der Waals surface area contributed by atoms with Gasteiger partial charge in [-0.25, -0.2) is 0 Å². The smallest absolute Gasteiger partial charge is 0.138 e. The van der Waals surface area contributed by atoms with Crippen molar-refractivity contribution < 1.29 is 0 Å². The largest absolute Gasteiger partial charge is 0.317 e. The van der Waals surface area contributed by atoms with Crippen LogP contribution in [-0.4, -0.2) is 27.9 Å². The van der Waals surface area contributed by atoms with Crippen LogP contribution in [0.15, 0.2) is 6.33 Å². The van der Waals surface area contributed by atoms with Gasteiger partial charge in [-0.05, 0) is 12.3 Å². The Hall–Kier alpha value is -0.900. The van der Waals surface area contributed by atoms with Crippen molar-refractivity contribution in [2.45, 2.75) is 32.7 Å². The average Bonchev–Trinajstić information content (AvgIpc) is 2.46. The lowest BCUT2D eigenvalue weighted by Gasteiger charge is -2.26. The second-order valence-corrected chi connectivity index (χ2v) is 4.42. The maximum atomic E-state index is 4.19. The van der Waals surface area contributed by atoms with Gasteiger partial charge in [0.2, 0.25) is 0 Å². The zero-order valence-electron chi connectivity index (χ0n) is 8.90. The maximum Gasteiger partial charge on any atom is 0.138 e. The molecule has 1 aliphatic rings. The number of rotatable bonds is 4. The first-order valence-electron chi connectivity index (χ1n) is 5.36. The van der Waals surface area contributed by atoms with E-state index in [1.165, 1.54) is 6.42 Å². The lowest BCUT2D eigenvalue weighted by atomic mass is 10.0. The molecule has 0 saturated carbocycles. The van der Waals surface area contributed by atoms with Crippen molar-refractivity contribution in [3.05, 3.63) is 12.2 Å². The van der Waals surface area contributed by atoms with E-state index in [9.17, 15) is 0 Å². The lowest BCUT2D eigenvalue weighted by Crippen LogP contribution is -2.41. The third-order valence-corrected chi connectivity index (χ3v) is 2.74. The van der Waals surface area contributed by atoms with E-state index in [2.05, 4.69) is 33.9 Å². The Kier molecular flexibility index (Phi) is 2.82. The highest BCUT2D eigenvalue weighted by Gasteiger charge is 2.23. The Labute approximate surface area is 84.7 Å². The van der Waals surface area contributed by atoms with Crippen LogP contribution in [0.25, 0.3) is 0 Å². The Morgan fingerprint density at radius 1 is 1.57 bits per heavy atom. The Bertz CT molecular complexity index is 288. The molecule has 0 unspecified atom stereocenters. The minimum atomic E-state index is 0.588. The van der Waals surface area contributed by atoms with E-state index in [-0.39, 0.29) is 0 Å². The van der Waals surface area contributed by atoms with Gasteiger partial charge in [0.15, 0.2) is 0 Å². The SMILES string of the molecule is CC(C)CCn1cnnc1C1CNC1.